The first kappa shape index (κ1) is 15.7. The van der Waals surface area contributed by atoms with Crippen LogP contribution in [0.3, 0.4) is 0 Å². The quantitative estimate of drug-likeness (QED) is 0.397. The Kier molecular flexibility index (Phi) is 4.50. The molecule has 1 aromatic rings. The largest absolute Gasteiger partial charge is 0.344 e. The summed E-state index contributed by atoms with van der Waals surface area (Å²) in [7, 11) is -4.50. The van der Waals surface area contributed by atoms with Crippen LogP contribution in [0.2, 0.25) is 0 Å². The van der Waals surface area contributed by atoms with Crippen molar-refractivity contribution in [1.82, 2.24) is 5.32 Å². The molecular formula is C8H8N3O8P. The minimum atomic E-state index is -4.50. The highest BCUT2D eigenvalue weighted by molar-refractivity contribution is 7.51. The minimum Gasteiger partial charge on any atom is -0.340 e. The van der Waals surface area contributed by atoms with Crippen LogP contribution in [0.25, 0.3) is 0 Å². The number of amides is 1. The van der Waals surface area contributed by atoms with Crippen molar-refractivity contribution < 1.29 is 29.0 Å². The number of hydrogen-bond donors (Lipinski definition) is 3. The number of nitro groups is 2. The van der Waals surface area contributed by atoms with E-state index < -0.39 is 46.6 Å². The van der Waals surface area contributed by atoms with Crippen LogP contribution in [0.1, 0.15) is 10.4 Å². The van der Waals surface area contributed by atoms with Gasteiger partial charge in [-0.2, -0.15) is 0 Å². The van der Waals surface area contributed by atoms with Crippen molar-refractivity contribution in [1.29, 1.82) is 0 Å². The summed E-state index contributed by atoms with van der Waals surface area (Å²) in [4.78, 5) is 48.0. The molecule has 0 bridgehead atoms. The van der Waals surface area contributed by atoms with E-state index in [-0.39, 0.29) is 0 Å². The lowest BCUT2D eigenvalue weighted by atomic mass is 10.1. The average molecular weight is 305 g/mol. The Morgan fingerprint density at radius 3 is 1.95 bits per heavy atom. The fourth-order valence-corrected chi connectivity index (χ4v) is 1.56. The molecule has 0 spiro atoms. The van der Waals surface area contributed by atoms with E-state index in [1.54, 1.807) is 0 Å². The number of benzene rings is 1. The van der Waals surface area contributed by atoms with E-state index in [1.165, 1.54) is 0 Å². The van der Waals surface area contributed by atoms with Crippen LogP contribution < -0.4 is 5.32 Å². The maximum atomic E-state index is 11.5. The molecular weight excluding hydrogens is 297 g/mol. The van der Waals surface area contributed by atoms with E-state index in [0.29, 0.717) is 6.07 Å². The molecule has 0 saturated carbocycles. The second-order valence-corrected chi connectivity index (χ2v) is 5.23. The van der Waals surface area contributed by atoms with Crippen molar-refractivity contribution in [3.8, 4) is 0 Å². The Morgan fingerprint density at radius 2 is 1.60 bits per heavy atom. The highest BCUT2D eigenvalue weighted by atomic mass is 31.2. The van der Waals surface area contributed by atoms with Gasteiger partial charge in [0, 0.05) is 12.1 Å². The molecule has 0 aromatic heterocycles. The van der Waals surface area contributed by atoms with Crippen molar-refractivity contribution in [2.75, 3.05) is 6.29 Å². The molecule has 0 heterocycles. The van der Waals surface area contributed by atoms with E-state index in [2.05, 4.69) is 0 Å². The van der Waals surface area contributed by atoms with Crippen molar-refractivity contribution >= 4 is 24.9 Å². The van der Waals surface area contributed by atoms with Crippen LogP contribution in [0, 0.1) is 20.2 Å². The van der Waals surface area contributed by atoms with Crippen LogP contribution in [0.4, 0.5) is 11.4 Å². The van der Waals surface area contributed by atoms with Gasteiger partial charge in [0.25, 0.3) is 17.3 Å². The number of hydrogen-bond acceptors (Lipinski definition) is 6. The van der Waals surface area contributed by atoms with E-state index >= 15 is 0 Å². The number of rotatable bonds is 5. The molecule has 0 fully saturated rings. The summed E-state index contributed by atoms with van der Waals surface area (Å²) < 4.78 is 10.6. The van der Waals surface area contributed by atoms with Gasteiger partial charge in [-0.25, -0.2) is 0 Å². The normalized spacial score (nSPS) is 10.9. The standard InChI is InChI=1S/C8H8N3O8P/c12-8(9-4-20(17,18)19)5-1-6(10(13)14)3-7(2-5)11(15)16/h1-3H,4H2,(H,9,12)(H2,17,18,19). The van der Waals surface area contributed by atoms with E-state index in [9.17, 15) is 29.6 Å². The van der Waals surface area contributed by atoms with Gasteiger partial charge >= 0.3 is 7.60 Å². The lowest BCUT2D eigenvalue weighted by Gasteiger charge is -2.06. The number of nitrogens with zero attached hydrogens (tertiary/aromatic N) is 2. The van der Waals surface area contributed by atoms with Gasteiger partial charge in [0.1, 0.15) is 6.29 Å². The van der Waals surface area contributed by atoms with Crippen molar-refractivity contribution in [2.45, 2.75) is 0 Å². The van der Waals surface area contributed by atoms with Crippen LogP contribution in [0.5, 0.6) is 0 Å². The summed E-state index contributed by atoms with van der Waals surface area (Å²) in [6, 6.07) is 2.20. The van der Waals surface area contributed by atoms with Crippen molar-refractivity contribution in [3.05, 3.63) is 44.0 Å². The molecule has 0 atom stereocenters. The number of nitrogens with one attached hydrogen (secondary N) is 1. The first-order valence-electron chi connectivity index (χ1n) is 4.87. The average Bonchev–Trinajstić information content (AvgIpc) is 2.34. The molecule has 20 heavy (non-hydrogen) atoms. The summed E-state index contributed by atoms with van der Waals surface area (Å²) in [5.41, 5.74) is -1.81. The molecule has 0 aliphatic heterocycles. The lowest BCUT2D eigenvalue weighted by molar-refractivity contribution is -0.394. The van der Waals surface area contributed by atoms with Gasteiger partial charge in [-0.3, -0.25) is 29.6 Å². The SMILES string of the molecule is O=C(NCP(=O)(O)O)c1cc([N+](=O)[O-])cc([N+](=O)[O-])c1. The van der Waals surface area contributed by atoms with E-state index in [0.717, 1.165) is 12.1 Å². The summed E-state index contributed by atoms with van der Waals surface area (Å²) in [5.74, 6) is -1.07. The summed E-state index contributed by atoms with van der Waals surface area (Å²) >= 11 is 0. The predicted octanol–water partition coefficient (Wildman–Crippen LogP) is 0.368. The topological polar surface area (TPSA) is 173 Å². The number of non-ortho nitro benzene ring substituents is 2. The second kappa shape index (κ2) is 5.74. The Hall–Kier alpha value is -2.36. The summed E-state index contributed by atoms with van der Waals surface area (Å²) in [5, 5.41) is 23.0. The molecule has 0 aliphatic rings. The maximum absolute atomic E-state index is 11.5. The molecule has 3 N–H and O–H groups in total. The van der Waals surface area contributed by atoms with E-state index in [4.69, 9.17) is 9.79 Å². The fraction of sp³-hybridized carbons (Fsp3) is 0.125. The number of carbonyl (C=O) groups excluding carboxylic acids is 1. The molecule has 11 nitrogen and oxygen atoms in total. The third-order valence-corrected chi connectivity index (χ3v) is 2.60. The van der Waals surface area contributed by atoms with Gasteiger partial charge in [0.05, 0.1) is 21.5 Å². The zero-order valence-corrected chi connectivity index (χ0v) is 10.5. The van der Waals surface area contributed by atoms with Crippen molar-refractivity contribution in [3.63, 3.8) is 0 Å². The summed E-state index contributed by atoms with van der Waals surface area (Å²) in [6.45, 7) is 0. The molecule has 0 saturated heterocycles. The van der Waals surface area contributed by atoms with Gasteiger partial charge < -0.3 is 15.1 Å². The Labute approximate surface area is 110 Å². The van der Waals surface area contributed by atoms with Crippen LogP contribution in [-0.2, 0) is 4.57 Å². The lowest BCUT2D eigenvalue weighted by Crippen LogP contribution is -2.24. The zero-order valence-electron chi connectivity index (χ0n) is 9.62. The van der Waals surface area contributed by atoms with Crippen molar-refractivity contribution in [2.24, 2.45) is 0 Å². The van der Waals surface area contributed by atoms with Crippen LogP contribution in [0.15, 0.2) is 18.2 Å². The molecule has 0 radical (unpaired) electrons. The molecule has 1 rings (SSSR count). The highest BCUT2D eigenvalue weighted by Gasteiger charge is 2.21. The molecule has 1 amide bonds. The second-order valence-electron chi connectivity index (χ2n) is 3.58. The van der Waals surface area contributed by atoms with Gasteiger partial charge in [0.2, 0.25) is 0 Å². The van der Waals surface area contributed by atoms with Crippen LogP contribution >= 0.6 is 7.60 Å². The first-order chi connectivity index (χ1) is 9.10. The monoisotopic (exact) mass is 305 g/mol. The zero-order chi connectivity index (χ0) is 15.5. The smallest absolute Gasteiger partial charge is 0.340 e. The Bertz CT molecular complexity index is 592. The molecule has 12 heteroatoms. The number of carbonyl (C=O) groups is 1. The maximum Gasteiger partial charge on any atom is 0.344 e. The third-order valence-electron chi connectivity index (χ3n) is 2.03. The molecule has 108 valence electrons. The minimum absolute atomic E-state index is 0.445. The van der Waals surface area contributed by atoms with E-state index in [1.807, 2.05) is 5.32 Å². The molecule has 0 aliphatic carbocycles. The van der Waals surface area contributed by atoms with Gasteiger partial charge in [-0.05, 0) is 0 Å². The highest BCUT2D eigenvalue weighted by Crippen LogP contribution is 2.32. The number of nitro benzene ring substituents is 2. The van der Waals surface area contributed by atoms with Gasteiger partial charge in [-0.1, -0.05) is 0 Å². The first-order valence-corrected chi connectivity index (χ1v) is 6.66. The third kappa shape index (κ3) is 4.39. The summed E-state index contributed by atoms with van der Waals surface area (Å²) in [6.07, 6.45) is -0.984. The van der Waals surface area contributed by atoms with Gasteiger partial charge in [-0.15, -0.1) is 0 Å². The molecule has 1 aromatic carbocycles. The molecule has 0 unspecified atom stereocenters. The predicted molar refractivity (Wildman–Crippen MR) is 64.1 cm³/mol. The van der Waals surface area contributed by atoms with Gasteiger partial charge in [0.15, 0.2) is 0 Å². The van der Waals surface area contributed by atoms with Crippen LogP contribution in [-0.4, -0.2) is 31.8 Å². The Morgan fingerprint density at radius 1 is 1.15 bits per heavy atom. The Balaban J connectivity index is 3.10. The fourth-order valence-electron chi connectivity index (χ4n) is 1.21.